The van der Waals surface area contributed by atoms with Gasteiger partial charge in [-0.15, -0.1) is 4.52 Å². The fourth-order valence-electron chi connectivity index (χ4n) is 0.144. The van der Waals surface area contributed by atoms with Gasteiger partial charge in [0.25, 0.3) is 0 Å². The van der Waals surface area contributed by atoms with Crippen LogP contribution in [0.4, 0.5) is 0 Å². The lowest BCUT2D eigenvalue weighted by molar-refractivity contribution is 0.342. The molecule has 0 saturated carbocycles. The van der Waals surface area contributed by atoms with Gasteiger partial charge >= 0.3 is 8.69 Å². The van der Waals surface area contributed by atoms with Crippen LogP contribution in [0.5, 0.6) is 0 Å². The van der Waals surface area contributed by atoms with Crippen LogP contribution in [0.1, 0.15) is 13.3 Å². The second kappa shape index (κ2) is 9.95. The lowest BCUT2D eigenvalue weighted by Gasteiger charge is -1.73. The van der Waals surface area contributed by atoms with E-state index >= 15 is 0 Å². The smallest absolute Gasteiger partial charge is 0.148 e. The van der Waals surface area contributed by atoms with Crippen LogP contribution in [0, 0.1) is 0 Å². The van der Waals surface area contributed by atoms with E-state index in [1.54, 1.807) is 0 Å². The molecule has 0 N–H and O–H groups in total. The molecule has 0 bridgehead atoms. The molecule has 1 unspecified atom stereocenters. The molecule has 0 aliphatic heterocycles. The Morgan fingerprint density at radius 3 is 2.43 bits per heavy atom. The van der Waals surface area contributed by atoms with Gasteiger partial charge in [0.15, 0.2) is 0 Å². The largest absolute Gasteiger partial charge is 0.494 e. The molecule has 0 spiro atoms. The highest BCUT2D eigenvalue weighted by Crippen LogP contribution is 1.93. The Bertz CT molecular complexity index is 41.9. The summed E-state index contributed by atoms with van der Waals surface area (Å²) in [5.41, 5.74) is 0. The summed E-state index contributed by atoms with van der Waals surface area (Å²) in [7, 11) is -0.585. The fraction of sp³-hybridized carbons (Fsp3) is 1.00. The lowest BCUT2D eigenvalue weighted by Crippen LogP contribution is -1.74. The third-order valence-electron chi connectivity index (χ3n) is 0.365. The Kier molecular flexibility index (Phi) is 15.3. The van der Waals surface area contributed by atoms with Crippen molar-refractivity contribution >= 4 is 31.7 Å². The molecule has 0 aliphatic rings. The Morgan fingerprint density at radius 2 is 2.29 bits per heavy atom. The summed E-state index contributed by atoms with van der Waals surface area (Å²) in [6.07, 6.45) is 0.940. The Hall–Kier alpha value is 0.826. The quantitative estimate of drug-likeness (QED) is 0.324. The molecule has 0 fully saturated rings. The van der Waals surface area contributed by atoms with Gasteiger partial charge < -0.3 is 0 Å². The van der Waals surface area contributed by atoms with E-state index in [0.29, 0.717) is 6.61 Å². The van der Waals surface area contributed by atoms with Crippen LogP contribution < -0.4 is 0 Å². The normalized spacial score (nSPS) is 8.14. The first-order valence-corrected chi connectivity index (χ1v) is 2.72. The molecule has 0 amide bonds. The minimum absolute atomic E-state index is 0. The van der Waals surface area contributed by atoms with Gasteiger partial charge in [-0.3, -0.25) is 0 Å². The summed E-state index contributed by atoms with van der Waals surface area (Å²) in [6.45, 7) is 2.59. The van der Waals surface area contributed by atoms with Crippen LogP contribution in [0.25, 0.3) is 0 Å². The zero-order valence-corrected chi connectivity index (χ0v) is 6.85. The van der Waals surface area contributed by atoms with E-state index in [1.807, 2.05) is 6.92 Å². The van der Waals surface area contributed by atoms with Gasteiger partial charge in [-0.05, 0) is 11.0 Å². The van der Waals surface area contributed by atoms with E-state index in [0.717, 1.165) is 6.42 Å². The van der Waals surface area contributed by atoms with Gasteiger partial charge in [0.05, 0.1) is 0 Å². The Morgan fingerprint density at radius 1 is 1.71 bits per heavy atom. The summed E-state index contributed by atoms with van der Waals surface area (Å²) in [5.74, 6) is 0. The molecule has 1 atom stereocenters. The van der Waals surface area contributed by atoms with E-state index in [1.165, 1.54) is 0 Å². The summed E-state index contributed by atoms with van der Waals surface area (Å²) in [5, 5.41) is 0. The first kappa shape index (κ1) is 10.7. The molecule has 0 aromatic rings. The van der Waals surface area contributed by atoms with E-state index in [9.17, 15) is 4.57 Å². The topological polar surface area (TPSA) is 26.3 Å². The van der Waals surface area contributed by atoms with Crippen molar-refractivity contribution in [3.05, 3.63) is 0 Å². The standard InChI is InChI=1S/C3H8O2P.Mg/c1-2-3-5-6-4;/h6H,2-3H2,1H3;/q+1;. The SMILES string of the molecule is CCCO[PH+]=O.[Mg]. The second-order valence-electron chi connectivity index (χ2n) is 0.932. The van der Waals surface area contributed by atoms with Crippen LogP contribution in [0.15, 0.2) is 0 Å². The zero-order chi connectivity index (χ0) is 4.83. The minimum Gasteiger partial charge on any atom is -0.148 e. The predicted molar refractivity (Wildman–Crippen MR) is 31.0 cm³/mol. The molecule has 0 aromatic heterocycles. The highest BCUT2D eigenvalue weighted by atomic mass is 31.1. The molecule has 38 valence electrons. The first-order valence-electron chi connectivity index (χ1n) is 1.90. The van der Waals surface area contributed by atoms with Crippen molar-refractivity contribution < 1.29 is 9.09 Å². The van der Waals surface area contributed by atoms with E-state index in [-0.39, 0.29) is 23.1 Å². The maximum atomic E-state index is 9.49. The Balaban J connectivity index is 0. The summed E-state index contributed by atoms with van der Waals surface area (Å²) in [6, 6.07) is 0. The third kappa shape index (κ3) is 10.9. The lowest BCUT2D eigenvalue weighted by atomic mass is 10.5. The van der Waals surface area contributed by atoms with Crippen LogP contribution >= 0.6 is 8.69 Å². The van der Waals surface area contributed by atoms with Crippen molar-refractivity contribution in [2.24, 2.45) is 0 Å². The zero-order valence-electron chi connectivity index (χ0n) is 4.44. The summed E-state index contributed by atoms with van der Waals surface area (Å²) in [4.78, 5) is 0. The van der Waals surface area contributed by atoms with Crippen LogP contribution in [0.3, 0.4) is 0 Å². The molecule has 0 heterocycles. The van der Waals surface area contributed by atoms with E-state index in [2.05, 4.69) is 4.52 Å². The summed E-state index contributed by atoms with van der Waals surface area (Å²) >= 11 is 0. The summed E-state index contributed by atoms with van der Waals surface area (Å²) < 4.78 is 13.9. The van der Waals surface area contributed by atoms with Crippen LogP contribution in [-0.4, -0.2) is 29.7 Å². The molecule has 2 nitrogen and oxygen atoms in total. The molecule has 2 radical (unpaired) electrons. The predicted octanol–water partition coefficient (Wildman–Crippen LogP) is 0.971. The average Bonchev–Trinajstić information content (AvgIpc) is 1.61. The van der Waals surface area contributed by atoms with Crippen molar-refractivity contribution in [3.63, 3.8) is 0 Å². The molecule has 0 aromatic carbocycles. The van der Waals surface area contributed by atoms with Gasteiger partial charge in [-0.2, -0.15) is 0 Å². The number of rotatable bonds is 3. The highest BCUT2D eigenvalue weighted by Gasteiger charge is 1.83. The fourth-order valence-corrected chi connectivity index (χ4v) is 0.431. The second-order valence-corrected chi connectivity index (χ2v) is 1.39. The maximum absolute atomic E-state index is 9.49. The van der Waals surface area contributed by atoms with Crippen molar-refractivity contribution in [1.29, 1.82) is 0 Å². The highest BCUT2D eigenvalue weighted by molar-refractivity contribution is 7.17. The van der Waals surface area contributed by atoms with Gasteiger partial charge in [0.2, 0.25) is 0 Å². The third-order valence-corrected chi connectivity index (χ3v) is 0.687. The number of hydrogen-bond acceptors (Lipinski definition) is 2. The molecular formula is C3H8MgO2P+. The number of hydrogen-bond donors (Lipinski definition) is 0. The van der Waals surface area contributed by atoms with Crippen molar-refractivity contribution in [1.82, 2.24) is 0 Å². The van der Waals surface area contributed by atoms with Crippen molar-refractivity contribution in [3.8, 4) is 0 Å². The maximum Gasteiger partial charge on any atom is 0.494 e. The molecule has 0 aliphatic carbocycles. The van der Waals surface area contributed by atoms with E-state index < -0.39 is 8.69 Å². The molecule has 7 heavy (non-hydrogen) atoms. The van der Waals surface area contributed by atoms with Gasteiger partial charge in [-0.25, -0.2) is 0 Å². The van der Waals surface area contributed by atoms with Gasteiger partial charge in [-0.1, -0.05) is 6.92 Å². The monoisotopic (exact) mass is 131 g/mol. The van der Waals surface area contributed by atoms with Gasteiger partial charge in [0, 0.05) is 23.1 Å². The van der Waals surface area contributed by atoms with E-state index in [4.69, 9.17) is 0 Å². The first-order chi connectivity index (χ1) is 2.91. The van der Waals surface area contributed by atoms with Gasteiger partial charge in [0.1, 0.15) is 6.61 Å². The minimum atomic E-state index is -0.585. The molecule has 4 heteroatoms. The van der Waals surface area contributed by atoms with Crippen molar-refractivity contribution in [2.75, 3.05) is 6.61 Å². The van der Waals surface area contributed by atoms with Crippen LogP contribution in [-0.2, 0) is 9.09 Å². The Labute approximate surface area is 61.1 Å². The average molecular weight is 131 g/mol. The van der Waals surface area contributed by atoms with Crippen molar-refractivity contribution in [2.45, 2.75) is 13.3 Å². The molecule has 0 rings (SSSR count). The molecular weight excluding hydrogens is 123 g/mol. The van der Waals surface area contributed by atoms with Crippen LogP contribution in [0.2, 0.25) is 0 Å². The molecule has 0 saturated heterocycles.